The summed E-state index contributed by atoms with van der Waals surface area (Å²) in [5.74, 6) is 0.210. The number of hydrogen-bond donors (Lipinski definition) is 2. The molecular weight excluding hydrogens is 258 g/mol. The third-order valence-electron chi connectivity index (χ3n) is 3.28. The van der Waals surface area contributed by atoms with E-state index in [1.807, 2.05) is 6.92 Å². The molecule has 1 atom stereocenters. The van der Waals surface area contributed by atoms with Gasteiger partial charge >= 0.3 is 0 Å². The molecule has 110 valence electrons. The summed E-state index contributed by atoms with van der Waals surface area (Å²) in [6, 6.07) is 3.12. The van der Waals surface area contributed by atoms with Crippen LogP contribution in [0.5, 0.6) is 0 Å². The molecule has 0 saturated carbocycles. The van der Waals surface area contributed by atoms with Crippen LogP contribution >= 0.6 is 0 Å². The van der Waals surface area contributed by atoms with E-state index >= 15 is 0 Å². The quantitative estimate of drug-likeness (QED) is 0.617. The van der Waals surface area contributed by atoms with Crippen LogP contribution in [0.2, 0.25) is 0 Å². The Morgan fingerprint density at radius 1 is 1.40 bits per heavy atom. The summed E-state index contributed by atoms with van der Waals surface area (Å²) in [5.41, 5.74) is 7.41. The van der Waals surface area contributed by atoms with Crippen molar-refractivity contribution < 1.29 is 9.72 Å². The van der Waals surface area contributed by atoms with Gasteiger partial charge in [-0.1, -0.05) is 6.92 Å². The zero-order chi connectivity index (χ0) is 15.3. The molecule has 3 N–H and O–H groups in total. The van der Waals surface area contributed by atoms with Gasteiger partial charge in [-0.15, -0.1) is 0 Å². The second-order valence-electron chi connectivity index (χ2n) is 5.14. The van der Waals surface area contributed by atoms with E-state index in [0.29, 0.717) is 35.7 Å². The van der Waals surface area contributed by atoms with E-state index in [2.05, 4.69) is 5.32 Å². The summed E-state index contributed by atoms with van der Waals surface area (Å²) >= 11 is 0. The average Bonchev–Trinajstić information content (AvgIpc) is 2.39. The van der Waals surface area contributed by atoms with Gasteiger partial charge in [0.1, 0.15) is 0 Å². The van der Waals surface area contributed by atoms with Gasteiger partial charge in [-0.3, -0.25) is 14.9 Å². The molecule has 1 amide bonds. The van der Waals surface area contributed by atoms with Gasteiger partial charge < -0.3 is 11.1 Å². The van der Waals surface area contributed by atoms with Gasteiger partial charge in [-0.25, -0.2) is 0 Å². The molecule has 6 heteroatoms. The molecule has 1 rings (SSSR count). The van der Waals surface area contributed by atoms with Crippen molar-refractivity contribution in [2.24, 2.45) is 11.7 Å². The van der Waals surface area contributed by atoms with Crippen LogP contribution in [0, 0.1) is 29.9 Å². The van der Waals surface area contributed by atoms with Gasteiger partial charge in [0.15, 0.2) is 0 Å². The molecule has 0 aliphatic rings. The van der Waals surface area contributed by atoms with E-state index < -0.39 is 4.92 Å². The fraction of sp³-hybridized carbons (Fsp3) is 0.500. The van der Waals surface area contributed by atoms with Crippen molar-refractivity contribution in [2.75, 3.05) is 11.9 Å². The van der Waals surface area contributed by atoms with Crippen molar-refractivity contribution in [1.29, 1.82) is 0 Å². The molecule has 0 radical (unpaired) electrons. The SMILES string of the molecule is Cc1cc([N+](=O)[O-])c(C)cc1NC(=O)CCC(C)CN. The van der Waals surface area contributed by atoms with Crippen LogP contribution in [0.4, 0.5) is 11.4 Å². The highest BCUT2D eigenvalue weighted by atomic mass is 16.6. The Kier molecular flexibility index (Phi) is 5.64. The first-order chi connectivity index (χ1) is 9.35. The van der Waals surface area contributed by atoms with Gasteiger partial charge in [0, 0.05) is 23.7 Å². The molecule has 0 saturated heterocycles. The number of nitrogens with zero attached hydrogens (tertiary/aromatic N) is 1. The largest absolute Gasteiger partial charge is 0.330 e. The van der Waals surface area contributed by atoms with Crippen LogP contribution in [0.25, 0.3) is 0 Å². The fourth-order valence-electron chi connectivity index (χ4n) is 1.84. The number of nitro benzene ring substituents is 1. The molecule has 0 aromatic heterocycles. The van der Waals surface area contributed by atoms with Crippen LogP contribution < -0.4 is 11.1 Å². The van der Waals surface area contributed by atoms with Crippen molar-refractivity contribution in [3.8, 4) is 0 Å². The van der Waals surface area contributed by atoms with Crippen LogP contribution in [0.15, 0.2) is 12.1 Å². The number of amides is 1. The van der Waals surface area contributed by atoms with Crippen molar-refractivity contribution in [3.63, 3.8) is 0 Å². The highest BCUT2D eigenvalue weighted by Crippen LogP contribution is 2.26. The molecule has 0 aliphatic heterocycles. The Morgan fingerprint density at radius 2 is 2.05 bits per heavy atom. The van der Waals surface area contributed by atoms with Crippen LogP contribution in [0.1, 0.15) is 30.9 Å². The lowest BCUT2D eigenvalue weighted by Gasteiger charge is -2.11. The first kappa shape index (κ1) is 16.1. The number of nitrogens with two attached hydrogens (primary N) is 1. The average molecular weight is 279 g/mol. The molecule has 0 heterocycles. The third-order valence-corrected chi connectivity index (χ3v) is 3.28. The van der Waals surface area contributed by atoms with E-state index in [9.17, 15) is 14.9 Å². The van der Waals surface area contributed by atoms with Gasteiger partial charge in [0.05, 0.1) is 4.92 Å². The maximum atomic E-state index is 11.8. The monoisotopic (exact) mass is 279 g/mol. The second kappa shape index (κ2) is 7.00. The summed E-state index contributed by atoms with van der Waals surface area (Å²) in [5, 5.41) is 13.6. The summed E-state index contributed by atoms with van der Waals surface area (Å²) in [6.45, 7) is 5.95. The smallest absolute Gasteiger partial charge is 0.272 e. The zero-order valence-electron chi connectivity index (χ0n) is 12.1. The normalized spacial score (nSPS) is 12.0. The first-order valence-electron chi connectivity index (χ1n) is 6.60. The summed E-state index contributed by atoms with van der Waals surface area (Å²) in [7, 11) is 0. The van der Waals surface area contributed by atoms with Crippen LogP contribution in [-0.2, 0) is 4.79 Å². The number of carbonyl (C=O) groups excluding carboxylic acids is 1. The number of carbonyl (C=O) groups is 1. The molecule has 1 aromatic rings. The number of nitro groups is 1. The Bertz CT molecular complexity index is 515. The highest BCUT2D eigenvalue weighted by Gasteiger charge is 2.14. The van der Waals surface area contributed by atoms with Crippen molar-refractivity contribution in [3.05, 3.63) is 33.4 Å². The van der Waals surface area contributed by atoms with Crippen LogP contribution in [0.3, 0.4) is 0 Å². The molecule has 0 bridgehead atoms. The van der Waals surface area contributed by atoms with Crippen molar-refractivity contribution in [2.45, 2.75) is 33.6 Å². The molecule has 20 heavy (non-hydrogen) atoms. The minimum Gasteiger partial charge on any atom is -0.330 e. The standard InChI is InChI=1S/C14H21N3O3/c1-9(8-15)4-5-14(18)16-12-6-11(3)13(17(19)20)7-10(12)2/h6-7,9H,4-5,8,15H2,1-3H3,(H,16,18). The van der Waals surface area contributed by atoms with Gasteiger partial charge in [0.25, 0.3) is 5.69 Å². The Labute approximate surface area is 118 Å². The van der Waals surface area contributed by atoms with E-state index in [4.69, 9.17) is 5.73 Å². The third kappa shape index (κ3) is 4.31. The second-order valence-corrected chi connectivity index (χ2v) is 5.14. The number of benzene rings is 1. The maximum absolute atomic E-state index is 11.8. The van der Waals surface area contributed by atoms with Gasteiger partial charge in [-0.2, -0.15) is 0 Å². The predicted molar refractivity (Wildman–Crippen MR) is 78.7 cm³/mol. The van der Waals surface area contributed by atoms with Crippen molar-refractivity contribution in [1.82, 2.24) is 0 Å². The lowest BCUT2D eigenvalue weighted by Crippen LogP contribution is -2.17. The Hall–Kier alpha value is -1.95. The first-order valence-corrected chi connectivity index (χ1v) is 6.60. The predicted octanol–water partition coefficient (Wildman–Crippen LogP) is 2.53. The molecule has 0 spiro atoms. The zero-order valence-corrected chi connectivity index (χ0v) is 12.1. The van der Waals surface area contributed by atoms with E-state index in [1.54, 1.807) is 19.9 Å². The number of rotatable bonds is 6. The fourth-order valence-corrected chi connectivity index (χ4v) is 1.84. The van der Waals surface area contributed by atoms with Gasteiger partial charge in [-0.05, 0) is 44.4 Å². The minimum absolute atomic E-state index is 0.0669. The maximum Gasteiger partial charge on any atom is 0.272 e. The number of nitrogens with one attached hydrogen (secondary N) is 1. The topological polar surface area (TPSA) is 98.3 Å². The number of anilines is 1. The van der Waals surface area contributed by atoms with Gasteiger partial charge in [0.2, 0.25) is 5.91 Å². The molecule has 0 fully saturated rings. The number of hydrogen-bond acceptors (Lipinski definition) is 4. The lowest BCUT2D eigenvalue weighted by molar-refractivity contribution is -0.385. The highest BCUT2D eigenvalue weighted by molar-refractivity contribution is 5.91. The molecular formula is C14H21N3O3. The minimum atomic E-state index is -0.420. The Balaban J connectivity index is 2.76. The van der Waals surface area contributed by atoms with E-state index in [1.165, 1.54) is 6.07 Å². The van der Waals surface area contributed by atoms with Crippen LogP contribution in [-0.4, -0.2) is 17.4 Å². The summed E-state index contributed by atoms with van der Waals surface area (Å²) in [6.07, 6.45) is 1.13. The molecule has 1 unspecified atom stereocenters. The van der Waals surface area contributed by atoms with E-state index in [-0.39, 0.29) is 11.6 Å². The summed E-state index contributed by atoms with van der Waals surface area (Å²) in [4.78, 5) is 22.2. The van der Waals surface area contributed by atoms with E-state index in [0.717, 1.165) is 6.42 Å². The molecule has 1 aromatic carbocycles. The number of aryl methyl sites for hydroxylation is 2. The van der Waals surface area contributed by atoms with Crippen molar-refractivity contribution >= 4 is 17.3 Å². The lowest BCUT2D eigenvalue weighted by atomic mass is 10.1. The Morgan fingerprint density at radius 3 is 2.60 bits per heavy atom. The molecule has 6 nitrogen and oxygen atoms in total. The summed E-state index contributed by atoms with van der Waals surface area (Å²) < 4.78 is 0. The molecule has 0 aliphatic carbocycles.